The lowest BCUT2D eigenvalue weighted by Crippen LogP contribution is -2.34. The molecule has 0 aliphatic carbocycles. The summed E-state index contributed by atoms with van der Waals surface area (Å²) in [7, 11) is 0. The van der Waals surface area contributed by atoms with Crippen molar-refractivity contribution in [2.75, 3.05) is 11.9 Å². The van der Waals surface area contributed by atoms with Crippen molar-refractivity contribution >= 4 is 22.5 Å². The van der Waals surface area contributed by atoms with Crippen LogP contribution in [0.3, 0.4) is 0 Å². The molecule has 7 heteroatoms. The van der Waals surface area contributed by atoms with Gasteiger partial charge in [-0.3, -0.25) is 14.9 Å². The van der Waals surface area contributed by atoms with Crippen molar-refractivity contribution < 1.29 is 9.18 Å². The van der Waals surface area contributed by atoms with E-state index in [1.165, 1.54) is 0 Å². The van der Waals surface area contributed by atoms with E-state index in [4.69, 9.17) is 0 Å². The fourth-order valence-electron chi connectivity index (χ4n) is 3.38. The lowest BCUT2D eigenvalue weighted by atomic mass is 10.0. The van der Waals surface area contributed by atoms with Gasteiger partial charge in [0.1, 0.15) is 0 Å². The molecule has 0 bridgehead atoms. The molecule has 3 N–H and O–H groups in total. The first kappa shape index (κ1) is 20.5. The molecule has 0 aliphatic heterocycles. The highest BCUT2D eigenvalue weighted by molar-refractivity contribution is 5.84. The van der Waals surface area contributed by atoms with Crippen molar-refractivity contribution in [3.05, 3.63) is 78.5 Å². The highest BCUT2D eigenvalue weighted by atomic mass is 19.1. The molecule has 1 amide bonds. The van der Waals surface area contributed by atoms with Crippen molar-refractivity contribution in [2.24, 2.45) is 5.92 Å². The second kappa shape index (κ2) is 8.95. The van der Waals surface area contributed by atoms with Gasteiger partial charge in [0.2, 0.25) is 11.9 Å². The fourth-order valence-corrected chi connectivity index (χ4v) is 3.38. The third-order valence-electron chi connectivity index (χ3n) is 5.13. The molecule has 0 aliphatic rings. The Hall–Kier alpha value is -3.74. The average molecular weight is 417 g/mol. The molecule has 0 saturated heterocycles. The van der Waals surface area contributed by atoms with Crippen LogP contribution < -0.4 is 10.6 Å². The molecule has 0 fully saturated rings. The number of benzene rings is 2. The second-order valence-electron chi connectivity index (χ2n) is 7.74. The molecule has 2 aromatic carbocycles. The number of nitrogens with zero attached hydrogens (tertiary/aromatic N) is 2. The molecular formula is C24H24FN5O. The van der Waals surface area contributed by atoms with Gasteiger partial charge in [0.15, 0.2) is 0 Å². The lowest BCUT2D eigenvalue weighted by Gasteiger charge is -2.22. The van der Waals surface area contributed by atoms with Gasteiger partial charge in [-0.25, -0.2) is 0 Å². The lowest BCUT2D eigenvalue weighted by molar-refractivity contribution is -0.124. The SMILES string of the molecule is CC(C)C(=O)NCC(Nc1cncc(-c2ccc3n[nH]c(F)c3c2)c1)c1ccccc1. The highest BCUT2D eigenvalue weighted by Crippen LogP contribution is 2.27. The summed E-state index contributed by atoms with van der Waals surface area (Å²) in [4.78, 5) is 16.4. The van der Waals surface area contributed by atoms with Gasteiger partial charge in [-0.2, -0.15) is 9.49 Å². The van der Waals surface area contributed by atoms with Crippen molar-refractivity contribution in [3.63, 3.8) is 0 Å². The maximum Gasteiger partial charge on any atom is 0.222 e. The quantitative estimate of drug-likeness (QED) is 0.407. The van der Waals surface area contributed by atoms with E-state index in [0.29, 0.717) is 17.4 Å². The van der Waals surface area contributed by atoms with E-state index in [1.807, 2.05) is 56.3 Å². The zero-order valence-electron chi connectivity index (χ0n) is 17.4. The van der Waals surface area contributed by atoms with Crippen LogP contribution in [0.4, 0.5) is 10.1 Å². The van der Waals surface area contributed by atoms with Crippen LogP contribution in [0.1, 0.15) is 25.5 Å². The smallest absolute Gasteiger partial charge is 0.222 e. The van der Waals surface area contributed by atoms with Gasteiger partial charge in [-0.1, -0.05) is 50.2 Å². The molecule has 0 saturated carbocycles. The van der Waals surface area contributed by atoms with E-state index in [0.717, 1.165) is 22.4 Å². The summed E-state index contributed by atoms with van der Waals surface area (Å²) < 4.78 is 13.9. The summed E-state index contributed by atoms with van der Waals surface area (Å²) in [6.45, 7) is 4.18. The number of aromatic amines is 1. The van der Waals surface area contributed by atoms with Crippen LogP contribution in [-0.4, -0.2) is 27.6 Å². The first-order chi connectivity index (χ1) is 15.0. The van der Waals surface area contributed by atoms with Crippen LogP contribution in [0.2, 0.25) is 0 Å². The Morgan fingerprint density at radius 1 is 1.06 bits per heavy atom. The number of halogens is 1. The molecule has 0 spiro atoms. The minimum absolute atomic E-state index is 0.00467. The molecule has 2 aromatic heterocycles. The van der Waals surface area contributed by atoms with Gasteiger partial charge in [-0.15, -0.1) is 0 Å². The van der Waals surface area contributed by atoms with Crippen molar-refractivity contribution in [2.45, 2.75) is 19.9 Å². The van der Waals surface area contributed by atoms with E-state index in [2.05, 4.69) is 25.8 Å². The highest BCUT2D eigenvalue weighted by Gasteiger charge is 2.15. The van der Waals surface area contributed by atoms with Crippen LogP contribution in [0.25, 0.3) is 22.0 Å². The number of carbonyl (C=O) groups excluding carboxylic acids is 1. The molecular weight excluding hydrogens is 393 g/mol. The summed E-state index contributed by atoms with van der Waals surface area (Å²) in [5.74, 6) is -0.533. The van der Waals surface area contributed by atoms with E-state index >= 15 is 0 Å². The van der Waals surface area contributed by atoms with E-state index in [1.54, 1.807) is 24.5 Å². The van der Waals surface area contributed by atoms with Gasteiger partial charge in [-0.05, 0) is 29.3 Å². The number of amides is 1. The minimum Gasteiger partial charge on any atom is -0.375 e. The first-order valence-electron chi connectivity index (χ1n) is 10.2. The van der Waals surface area contributed by atoms with Gasteiger partial charge in [0, 0.05) is 30.4 Å². The predicted octanol–water partition coefficient (Wildman–Crippen LogP) is 4.69. The van der Waals surface area contributed by atoms with Crippen LogP contribution in [-0.2, 0) is 4.79 Å². The van der Waals surface area contributed by atoms with E-state index in [9.17, 15) is 9.18 Å². The van der Waals surface area contributed by atoms with Crippen LogP contribution in [0.15, 0.2) is 67.0 Å². The number of fused-ring (bicyclic) bond motifs is 1. The summed E-state index contributed by atoms with van der Waals surface area (Å²) in [6.07, 6.45) is 3.48. The molecule has 4 rings (SSSR count). The molecule has 158 valence electrons. The summed E-state index contributed by atoms with van der Waals surface area (Å²) >= 11 is 0. The maximum atomic E-state index is 13.9. The number of hydrogen-bond acceptors (Lipinski definition) is 4. The Balaban J connectivity index is 1.59. The Morgan fingerprint density at radius 2 is 1.87 bits per heavy atom. The minimum atomic E-state index is -0.455. The predicted molar refractivity (Wildman–Crippen MR) is 120 cm³/mol. The van der Waals surface area contributed by atoms with Crippen LogP contribution >= 0.6 is 0 Å². The van der Waals surface area contributed by atoms with Crippen molar-refractivity contribution in [1.29, 1.82) is 0 Å². The Morgan fingerprint density at radius 3 is 2.65 bits per heavy atom. The number of H-pyrrole nitrogens is 1. The largest absolute Gasteiger partial charge is 0.375 e. The second-order valence-corrected chi connectivity index (χ2v) is 7.74. The molecule has 1 unspecified atom stereocenters. The standard InChI is InChI=1S/C24H24FN5O/c1-15(2)24(31)27-14-22(16-6-4-3-5-7-16)28-19-10-18(12-26-13-19)17-8-9-21-20(11-17)23(25)30-29-21/h3-13,15,22,28H,14H2,1-2H3,(H,27,31)(H,29,30). The summed E-state index contributed by atoms with van der Waals surface area (Å²) in [5, 5.41) is 13.2. The van der Waals surface area contributed by atoms with Crippen molar-refractivity contribution in [3.8, 4) is 11.1 Å². The number of anilines is 1. The Labute approximate surface area is 179 Å². The van der Waals surface area contributed by atoms with E-state index < -0.39 is 5.95 Å². The Bertz CT molecular complexity index is 1190. The van der Waals surface area contributed by atoms with Crippen LogP contribution in [0, 0.1) is 11.9 Å². The number of carbonyl (C=O) groups is 1. The van der Waals surface area contributed by atoms with E-state index in [-0.39, 0.29) is 17.9 Å². The number of hydrogen-bond donors (Lipinski definition) is 3. The Kier molecular flexibility index (Phi) is 5.93. The van der Waals surface area contributed by atoms with Gasteiger partial charge in [0.25, 0.3) is 0 Å². The number of aromatic nitrogens is 3. The molecule has 1 atom stereocenters. The third kappa shape index (κ3) is 4.71. The van der Waals surface area contributed by atoms with Crippen LogP contribution in [0.5, 0.6) is 0 Å². The zero-order chi connectivity index (χ0) is 21.8. The molecule has 6 nitrogen and oxygen atoms in total. The maximum absolute atomic E-state index is 13.9. The number of rotatable bonds is 7. The fraction of sp³-hybridized carbons (Fsp3) is 0.208. The zero-order valence-corrected chi connectivity index (χ0v) is 17.4. The molecule has 2 heterocycles. The first-order valence-corrected chi connectivity index (χ1v) is 10.2. The summed E-state index contributed by atoms with van der Waals surface area (Å²) in [5.41, 5.74) is 4.13. The monoisotopic (exact) mass is 417 g/mol. The van der Waals surface area contributed by atoms with Gasteiger partial charge in [0.05, 0.1) is 22.6 Å². The average Bonchev–Trinajstić information content (AvgIpc) is 3.17. The molecule has 0 radical (unpaired) electrons. The van der Waals surface area contributed by atoms with Gasteiger partial charge < -0.3 is 10.6 Å². The number of pyridine rings is 1. The molecule has 4 aromatic rings. The third-order valence-corrected chi connectivity index (χ3v) is 5.13. The van der Waals surface area contributed by atoms with Gasteiger partial charge >= 0.3 is 0 Å². The normalized spacial score (nSPS) is 12.1. The molecule has 31 heavy (non-hydrogen) atoms. The number of nitrogens with one attached hydrogen (secondary N) is 3. The summed E-state index contributed by atoms with van der Waals surface area (Å²) in [6, 6.07) is 17.2. The van der Waals surface area contributed by atoms with Crippen molar-refractivity contribution in [1.82, 2.24) is 20.5 Å². The topological polar surface area (TPSA) is 82.7 Å².